The first-order valence-electron chi connectivity index (χ1n) is 13.5. The van der Waals surface area contributed by atoms with E-state index in [4.69, 9.17) is 14.2 Å². The standard InChI is InChI=1S/C29H36N2O6S3/c1-3-4-5-8-13-31-24-9-6-7-10-25(24)40-28(31)23(16-30)29(34)36-15-14-35-26(32)11-12-27(33)37-17-22-20-38-18-21(2)19-39-22/h6-7,9-10,22H,2-5,8,11-15,17-20H2,1H3. The van der Waals surface area contributed by atoms with E-state index in [-0.39, 0.29) is 36.9 Å². The number of esters is 3. The van der Waals surface area contributed by atoms with Crippen molar-refractivity contribution in [3.8, 4) is 6.07 Å². The molecule has 3 rings (SSSR count). The first-order valence-corrected chi connectivity index (χ1v) is 16.5. The predicted octanol–water partition coefficient (Wildman–Crippen LogP) is 5.73. The highest BCUT2D eigenvalue weighted by molar-refractivity contribution is 8.04. The molecule has 0 aromatic heterocycles. The van der Waals surface area contributed by atoms with Crippen LogP contribution in [0.4, 0.5) is 5.69 Å². The third kappa shape index (κ3) is 10.1. The molecule has 2 aliphatic rings. The molecule has 0 aliphatic carbocycles. The summed E-state index contributed by atoms with van der Waals surface area (Å²) in [6, 6.07) is 9.82. The molecule has 0 saturated carbocycles. The van der Waals surface area contributed by atoms with Gasteiger partial charge in [-0.2, -0.15) is 17.0 Å². The van der Waals surface area contributed by atoms with E-state index in [1.165, 1.54) is 17.3 Å². The zero-order valence-electron chi connectivity index (χ0n) is 22.9. The molecule has 40 heavy (non-hydrogen) atoms. The molecule has 0 amide bonds. The Morgan fingerprint density at radius 2 is 1.80 bits per heavy atom. The summed E-state index contributed by atoms with van der Waals surface area (Å²) in [4.78, 5) is 39.8. The summed E-state index contributed by atoms with van der Waals surface area (Å²) in [6.07, 6.45) is 4.06. The van der Waals surface area contributed by atoms with E-state index in [0.717, 1.165) is 53.5 Å². The number of anilines is 1. The van der Waals surface area contributed by atoms with Gasteiger partial charge in [0.25, 0.3) is 0 Å². The van der Waals surface area contributed by atoms with E-state index >= 15 is 0 Å². The third-order valence-corrected chi connectivity index (χ3v) is 10.0. The van der Waals surface area contributed by atoms with Gasteiger partial charge in [0, 0.05) is 33.9 Å². The van der Waals surface area contributed by atoms with Gasteiger partial charge in [-0.3, -0.25) is 9.59 Å². The average molecular weight is 605 g/mol. The molecule has 0 N–H and O–H groups in total. The SMILES string of the molecule is C=C1CSCC(COC(=O)CCC(=O)OCCOC(=O)C(C#N)=C2Sc3ccccc3N2CCCCCC)SC1. The van der Waals surface area contributed by atoms with E-state index in [1.807, 2.05) is 35.2 Å². The Labute approximate surface area is 249 Å². The molecular formula is C29H36N2O6S3. The summed E-state index contributed by atoms with van der Waals surface area (Å²) in [6.45, 7) is 6.81. The summed E-state index contributed by atoms with van der Waals surface area (Å²) in [5, 5.41) is 10.6. The summed E-state index contributed by atoms with van der Waals surface area (Å²) in [5.74, 6) is 0.903. The zero-order valence-corrected chi connectivity index (χ0v) is 25.3. The number of thioether (sulfide) groups is 3. The molecule has 1 saturated heterocycles. The maximum atomic E-state index is 12.8. The van der Waals surface area contributed by atoms with Crippen LogP contribution < -0.4 is 4.90 Å². The summed E-state index contributed by atoms with van der Waals surface area (Å²) in [5.41, 5.74) is 2.09. The lowest BCUT2D eigenvalue weighted by Gasteiger charge is -2.21. The lowest BCUT2D eigenvalue weighted by atomic mass is 10.2. The topological polar surface area (TPSA) is 106 Å². The second-order valence-electron chi connectivity index (χ2n) is 9.31. The highest BCUT2D eigenvalue weighted by Crippen LogP contribution is 2.47. The quantitative estimate of drug-likeness (QED) is 0.0649. The summed E-state index contributed by atoms with van der Waals surface area (Å²) in [7, 11) is 0. The number of rotatable bonds is 14. The van der Waals surface area contributed by atoms with Crippen molar-refractivity contribution in [2.24, 2.45) is 0 Å². The van der Waals surface area contributed by atoms with Crippen LogP contribution in [0.5, 0.6) is 0 Å². The van der Waals surface area contributed by atoms with Gasteiger partial charge in [-0.25, -0.2) is 4.79 Å². The zero-order chi connectivity index (χ0) is 28.7. The van der Waals surface area contributed by atoms with Gasteiger partial charge in [-0.05, 0) is 18.6 Å². The number of unbranched alkanes of at least 4 members (excludes halogenated alkanes) is 3. The molecule has 8 nitrogen and oxygen atoms in total. The van der Waals surface area contributed by atoms with Crippen LogP contribution in [0, 0.1) is 11.3 Å². The highest BCUT2D eigenvalue weighted by Gasteiger charge is 2.30. The van der Waals surface area contributed by atoms with E-state index in [2.05, 4.69) is 13.5 Å². The lowest BCUT2D eigenvalue weighted by molar-refractivity contribution is -0.152. The molecule has 1 aromatic rings. The third-order valence-electron chi connectivity index (χ3n) is 6.05. The molecule has 1 fully saturated rings. The van der Waals surface area contributed by atoms with Gasteiger partial charge in [0.1, 0.15) is 30.9 Å². The van der Waals surface area contributed by atoms with Crippen LogP contribution in [0.25, 0.3) is 0 Å². The number of nitrogens with zero attached hydrogens (tertiary/aromatic N) is 2. The van der Waals surface area contributed by atoms with Crippen molar-refractivity contribution >= 4 is 58.9 Å². The molecule has 2 heterocycles. The molecule has 1 atom stereocenters. The Hall–Kier alpha value is -2.55. The number of fused-ring (bicyclic) bond motifs is 1. The molecule has 0 spiro atoms. The molecule has 0 bridgehead atoms. The van der Waals surface area contributed by atoms with Gasteiger partial charge in [0.2, 0.25) is 0 Å². The number of hydrogen-bond donors (Lipinski definition) is 0. The Balaban J connectivity index is 1.40. The largest absolute Gasteiger partial charge is 0.464 e. The van der Waals surface area contributed by atoms with Crippen LogP contribution >= 0.6 is 35.3 Å². The number of hydrogen-bond acceptors (Lipinski definition) is 11. The normalized spacial score (nSPS) is 17.9. The van der Waals surface area contributed by atoms with Gasteiger partial charge < -0.3 is 19.1 Å². The summed E-state index contributed by atoms with van der Waals surface area (Å²) >= 11 is 4.89. The van der Waals surface area contributed by atoms with Gasteiger partial charge in [0.15, 0.2) is 5.57 Å². The number of carbonyl (C=O) groups excluding carboxylic acids is 3. The maximum Gasteiger partial charge on any atom is 0.351 e. The minimum Gasteiger partial charge on any atom is -0.464 e. The lowest BCUT2D eigenvalue weighted by Crippen LogP contribution is -2.23. The van der Waals surface area contributed by atoms with Gasteiger partial charge in [0.05, 0.1) is 18.5 Å². The molecule has 1 unspecified atom stereocenters. The smallest absolute Gasteiger partial charge is 0.351 e. The van der Waals surface area contributed by atoms with E-state index in [1.54, 1.807) is 23.5 Å². The Bertz CT molecular complexity index is 1130. The van der Waals surface area contributed by atoms with Crippen LogP contribution in [0.15, 0.2) is 51.9 Å². The number of para-hydroxylation sites is 1. The Morgan fingerprint density at radius 1 is 1.05 bits per heavy atom. The van der Waals surface area contributed by atoms with E-state index < -0.39 is 17.9 Å². The second kappa shape index (κ2) is 17.3. The molecule has 0 radical (unpaired) electrons. The van der Waals surface area contributed by atoms with Gasteiger partial charge in [-0.15, -0.1) is 11.8 Å². The van der Waals surface area contributed by atoms with E-state index in [0.29, 0.717) is 18.2 Å². The van der Waals surface area contributed by atoms with Gasteiger partial charge >= 0.3 is 17.9 Å². The van der Waals surface area contributed by atoms with Crippen LogP contribution in [0.2, 0.25) is 0 Å². The molecule has 2 aliphatic heterocycles. The van der Waals surface area contributed by atoms with Crippen molar-refractivity contribution in [1.82, 2.24) is 0 Å². The monoisotopic (exact) mass is 604 g/mol. The maximum absolute atomic E-state index is 12.8. The average Bonchev–Trinajstić information content (AvgIpc) is 3.17. The fraction of sp³-hybridized carbons (Fsp3) is 0.517. The van der Waals surface area contributed by atoms with Crippen LogP contribution in [-0.4, -0.2) is 66.8 Å². The fourth-order valence-electron chi connectivity index (χ4n) is 3.97. The second-order valence-corrected chi connectivity index (χ2v) is 12.7. The molecule has 216 valence electrons. The van der Waals surface area contributed by atoms with Crippen LogP contribution in [0.1, 0.15) is 45.4 Å². The number of benzene rings is 1. The highest BCUT2D eigenvalue weighted by atomic mass is 32.2. The molecular weight excluding hydrogens is 569 g/mol. The number of carbonyl (C=O) groups is 3. The first-order chi connectivity index (χ1) is 19.4. The van der Waals surface area contributed by atoms with Crippen molar-refractivity contribution in [1.29, 1.82) is 5.26 Å². The number of nitriles is 1. The van der Waals surface area contributed by atoms with Crippen molar-refractivity contribution in [2.45, 2.75) is 55.6 Å². The Morgan fingerprint density at radius 3 is 2.58 bits per heavy atom. The Kier molecular flexibility index (Phi) is 13.8. The summed E-state index contributed by atoms with van der Waals surface area (Å²) < 4.78 is 15.7. The van der Waals surface area contributed by atoms with E-state index in [9.17, 15) is 19.6 Å². The minimum absolute atomic E-state index is 0.0692. The predicted molar refractivity (Wildman–Crippen MR) is 161 cm³/mol. The minimum atomic E-state index is -0.755. The number of ether oxygens (including phenoxy) is 3. The fourth-order valence-corrected chi connectivity index (χ4v) is 7.55. The molecule has 1 aromatic carbocycles. The first kappa shape index (κ1) is 32.0. The van der Waals surface area contributed by atoms with Crippen molar-refractivity contribution in [3.63, 3.8) is 0 Å². The van der Waals surface area contributed by atoms with Crippen molar-refractivity contribution in [3.05, 3.63) is 47.0 Å². The van der Waals surface area contributed by atoms with Crippen LogP contribution in [0.3, 0.4) is 0 Å². The molecule has 11 heteroatoms. The van der Waals surface area contributed by atoms with Gasteiger partial charge in [-0.1, -0.05) is 62.2 Å². The van der Waals surface area contributed by atoms with Crippen LogP contribution in [-0.2, 0) is 28.6 Å². The van der Waals surface area contributed by atoms with Crippen molar-refractivity contribution < 1.29 is 28.6 Å². The van der Waals surface area contributed by atoms with Crippen molar-refractivity contribution in [2.75, 3.05) is 48.5 Å².